The molecule has 0 fully saturated rings. The topological polar surface area (TPSA) is 74.7 Å². The molecule has 1 N–H and O–H groups in total. The largest absolute Gasteiger partial charge is 0.480 e. The number of carbonyl (C=O) groups is 1. The Labute approximate surface area is 111 Å². The number of aliphatic carboxylic acids is 1. The van der Waals surface area contributed by atoms with E-state index in [0.29, 0.717) is 11.3 Å². The second kappa shape index (κ2) is 5.81. The summed E-state index contributed by atoms with van der Waals surface area (Å²) < 4.78 is 25.7. The lowest BCUT2D eigenvalue weighted by Crippen LogP contribution is -2.36. The predicted molar refractivity (Wildman–Crippen MR) is 70.5 cm³/mol. The number of hydrogen-bond acceptors (Lipinski definition) is 4. The number of sulfonamides is 1. The highest BCUT2D eigenvalue weighted by Gasteiger charge is 2.28. The minimum absolute atomic E-state index is 0.211. The van der Waals surface area contributed by atoms with E-state index < -0.39 is 22.5 Å². The summed E-state index contributed by atoms with van der Waals surface area (Å²) in [4.78, 5) is 12.6. The van der Waals surface area contributed by atoms with Crippen molar-refractivity contribution in [2.75, 3.05) is 13.1 Å². The highest BCUT2D eigenvalue weighted by Crippen LogP contribution is 2.27. The van der Waals surface area contributed by atoms with Crippen molar-refractivity contribution in [2.45, 2.75) is 32.1 Å². The SMILES string of the molecule is CCCN(CC(=O)O)S(=O)(=O)c1cc(C)sc1C. The van der Waals surface area contributed by atoms with Gasteiger partial charge in [0.15, 0.2) is 0 Å². The highest BCUT2D eigenvalue weighted by atomic mass is 32.2. The maximum absolute atomic E-state index is 12.4. The van der Waals surface area contributed by atoms with Gasteiger partial charge in [-0.2, -0.15) is 4.31 Å². The van der Waals surface area contributed by atoms with Gasteiger partial charge in [0.1, 0.15) is 6.54 Å². The van der Waals surface area contributed by atoms with Gasteiger partial charge in [-0.3, -0.25) is 4.79 Å². The van der Waals surface area contributed by atoms with Gasteiger partial charge >= 0.3 is 5.97 Å². The van der Waals surface area contributed by atoms with E-state index in [1.54, 1.807) is 13.0 Å². The Hall–Kier alpha value is -0.920. The molecule has 1 aromatic rings. The zero-order chi connectivity index (χ0) is 13.9. The summed E-state index contributed by atoms with van der Waals surface area (Å²) in [6.45, 7) is 5.09. The van der Waals surface area contributed by atoms with Crippen LogP contribution in [-0.2, 0) is 14.8 Å². The zero-order valence-corrected chi connectivity index (χ0v) is 12.3. The minimum Gasteiger partial charge on any atom is -0.480 e. The number of aryl methyl sites for hydroxylation is 2. The quantitative estimate of drug-likeness (QED) is 0.868. The molecule has 0 radical (unpaired) electrons. The Morgan fingerprint density at radius 1 is 1.44 bits per heavy atom. The molecule has 0 unspecified atom stereocenters. The molecular weight excluding hydrogens is 274 g/mol. The van der Waals surface area contributed by atoms with Gasteiger partial charge in [-0.25, -0.2) is 8.42 Å². The van der Waals surface area contributed by atoms with Crippen molar-refractivity contribution in [1.29, 1.82) is 0 Å². The first-order valence-corrected chi connectivity index (χ1v) is 7.83. The molecule has 0 aliphatic heterocycles. The standard InChI is InChI=1S/C11H17NO4S2/c1-4-5-12(7-11(13)14)18(15,16)10-6-8(2)17-9(10)3/h6H,4-5,7H2,1-3H3,(H,13,14). The molecule has 0 saturated carbocycles. The van der Waals surface area contributed by atoms with Crippen LogP contribution in [0.4, 0.5) is 0 Å². The van der Waals surface area contributed by atoms with E-state index >= 15 is 0 Å². The minimum atomic E-state index is -3.71. The van der Waals surface area contributed by atoms with Crippen molar-refractivity contribution in [3.63, 3.8) is 0 Å². The third-order valence-electron chi connectivity index (χ3n) is 2.40. The van der Waals surface area contributed by atoms with Crippen molar-refractivity contribution < 1.29 is 18.3 Å². The number of hydrogen-bond donors (Lipinski definition) is 1. The fourth-order valence-electron chi connectivity index (χ4n) is 1.69. The summed E-state index contributed by atoms with van der Waals surface area (Å²) >= 11 is 1.40. The first-order chi connectivity index (χ1) is 8.28. The second-order valence-electron chi connectivity index (χ2n) is 4.01. The number of nitrogens with zero attached hydrogens (tertiary/aromatic N) is 1. The molecule has 0 aliphatic carbocycles. The molecule has 0 aliphatic rings. The van der Waals surface area contributed by atoms with Crippen LogP contribution in [0.1, 0.15) is 23.1 Å². The second-order valence-corrected chi connectivity index (χ2v) is 7.38. The summed E-state index contributed by atoms with van der Waals surface area (Å²) in [7, 11) is -3.71. The van der Waals surface area contributed by atoms with Gasteiger partial charge in [-0.15, -0.1) is 11.3 Å². The van der Waals surface area contributed by atoms with Crippen molar-refractivity contribution in [2.24, 2.45) is 0 Å². The Morgan fingerprint density at radius 3 is 2.44 bits per heavy atom. The fourth-order valence-corrected chi connectivity index (χ4v) is 4.69. The van der Waals surface area contributed by atoms with Gasteiger partial charge in [-0.05, 0) is 26.3 Å². The van der Waals surface area contributed by atoms with Crippen LogP contribution >= 0.6 is 11.3 Å². The van der Waals surface area contributed by atoms with E-state index in [1.165, 1.54) is 11.3 Å². The van der Waals surface area contributed by atoms with Crippen molar-refractivity contribution in [3.8, 4) is 0 Å². The lowest BCUT2D eigenvalue weighted by Gasteiger charge is -2.19. The number of thiophene rings is 1. The molecule has 0 spiro atoms. The van der Waals surface area contributed by atoms with E-state index in [2.05, 4.69) is 0 Å². The predicted octanol–water partition coefficient (Wildman–Crippen LogP) is 1.85. The van der Waals surface area contributed by atoms with Crippen LogP contribution in [0.3, 0.4) is 0 Å². The van der Waals surface area contributed by atoms with Crippen LogP contribution in [0.25, 0.3) is 0 Å². The van der Waals surface area contributed by atoms with Gasteiger partial charge in [0.05, 0.1) is 4.90 Å². The van der Waals surface area contributed by atoms with Crippen molar-refractivity contribution in [1.82, 2.24) is 4.31 Å². The summed E-state index contributed by atoms with van der Waals surface area (Å²) in [5, 5.41) is 8.79. The van der Waals surface area contributed by atoms with Gasteiger partial charge in [0, 0.05) is 16.3 Å². The molecule has 1 rings (SSSR count). The van der Waals surface area contributed by atoms with E-state index in [-0.39, 0.29) is 11.4 Å². The summed E-state index contributed by atoms with van der Waals surface area (Å²) in [6, 6.07) is 1.60. The molecule has 102 valence electrons. The Balaban J connectivity index is 3.16. The van der Waals surface area contributed by atoms with Crippen LogP contribution in [0.5, 0.6) is 0 Å². The van der Waals surface area contributed by atoms with Gasteiger partial charge in [0.25, 0.3) is 0 Å². The Kier molecular flexibility index (Phi) is 4.89. The molecule has 0 aromatic carbocycles. The van der Waals surface area contributed by atoms with Crippen LogP contribution in [0, 0.1) is 13.8 Å². The molecule has 0 atom stereocenters. The molecule has 0 saturated heterocycles. The molecular formula is C11H17NO4S2. The van der Waals surface area contributed by atoms with Crippen LogP contribution in [-0.4, -0.2) is 36.9 Å². The van der Waals surface area contributed by atoms with Crippen molar-refractivity contribution >= 4 is 27.3 Å². The number of rotatable bonds is 6. The molecule has 1 aromatic heterocycles. The molecule has 0 amide bonds. The number of carboxylic acid groups (broad SMARTS) is 1. The maximum Gasteiger partial charge on any atom is 0.318 e. The van der Waals surface area contributed by atoms with E-state index in [0.717, 1.165) is 9.18 Å². The summed E-state index contributed by atoms with van der Waals surface area (Å²) in [6.07, 6.45) is 0.578. The van der Waals surface area contributed by atoms with Gasteiger partial charge in [-0.1, -0.05) is 6.92 Å². The normalized spacial score (nSPS) is 12.0. The Bertz CT molecular complexity index is 533. The molecule has 5 nitrogen and oxygen atoms in total. The molecule has 18 heavy (non-hydrogen) atoms. The Morgan fingerprint density at radius 2 is 2.06 bits per heavy atom. The third kappa shape index (κ3) is 3.30. The average molecular weight is 291 g/mol. The number of carboxylic acids is 1. The first-order valence-electron chi connectivity index (χ1n) is 5.58. The zero-order valence-electron chi connectivity index (χ0n) is 10.6. The summed E-state index contributed by atoms with van der Waals surface area (Å²) in [5.74, 6) is -1.14. The summed E-state index contributed by atoms with van der Waals surface area (Å²) in [5.41, 5.74) is 0. The van der Waals surface area contributed by atoms with E-state index in [9.17, 15) is 13.2 Å². The maximum atomic E-state index is 12.4. The molecule has 7 heteroatoms. The molecule has 1 heterocycles. The molecule has 0 bridgehead atoms. The average Bonchev–Trinajstić information content (AvgIpc) is 2.57. The van der Waals surface area contributed by atoms with Crippen LogP contribution < -0.4 is 0 Å². The van der Waals surface area contributed by atoms with Crippen molar-refractivity contribution in [3.05, 3.63) is 15.8 Å². The van der Waals surface area contributed by atoms with E-state index in [1.807, 2.05) is 13.8 Å². The van der Waals surface area contributed by atoms with Gasteiger partial charge in [0.2, 0.25) is 10.0 Å². The third-order valence-corrected chi connectivity index (χ3v) is 5.46. The lowest BCUT2D eigenvalue weighted by atomic mass is 10.4. The fraction of sp³-hybridized carbons (Fsp3) is 0.545. The van der Waals surface area contributed by atoms with Crippen LogP contribution in [0.2, 0.25) is 0 Å². The first kappa shape index (κ1) is 15.1. The lowest BCUT2D eigenvalue weighted by molar-refractivity contribution is -0.137. The smallest absolute Gasteiger partial charge is 0.318 e. The monoisotopic (exact) mass is 291 g/mol. The van der Waals surface area contributed by atoms with Gasteiger partial charge < -0.3 is 5.11 Å². The van der Waals surface area contributed by atoms with Crippen LogP contribution in [0.15, 0.2) is 11.0 Å². The van der Waals surface area contributed by atoms with E-state index in [4.69, 9.17) is 5.11 Å². The highest BCUT2D eigenvalue weighted by molar-refractivity contribution is 7.89.